The van der Waals surface area contributed by atoms with Gasteiger partial charge in [0.25, 0.3) is 5.92 Å². The molecule has 174 valence electrons. The first-order valence-electron chi connectivity index (χ1n) is 12.6. The molecule has 0 unspecified atom stereocenters. The van der Waals surface area contributed by atoms with Gasteiger partial charge in [-0.05, 0) is 118 Å². The molecule has 0 aromatic heterocycles. The summed E-state index contributed by atoms with van der Waals surface area (Å²) in [4.78, 5) is 0. The van der Waals surface area contributed by atoms with Gasteiger partial charge >= 0.3 is 0 Å². The first-order chi connectivity index (χ1) is 13.8. The molecule has 0 aromatic carbocycles. The lowest BCUT2D eigenvalue weighted by molar-refractivity contribution is -0.152. The lowest BCUT2D eigenvalue weighted by Gasteiger charge is -2.62. The van der Waals surface area contributed by atoms with Crippen LogP contribution in [0.25, 0.3) is 0 Å². The molecule has 4 heteroatoms. The van der Waals surface area contributed by atoms with E-state index in [1.807, 2.05) is 13.8 Å². The maximum atomic E-state index is 14.3. The number of aliphatic hydroxyl groups is 2. The van der Waals surface area contributed by atoms with Crippen LogP contribution >= 0.6 is 0 Å². The largest absolute Gasteiger partial charge is 0.390 e. The monoisotopic (exact) mass is 426 g/mol. The van der Waals surface area contributed by atoms with E-state index in [-0.39, 0.29) is 17.8 Å². The molecule has 10 atom stereocenters. The van der Waals surface area contributed by atoms with Crippen LogP contribution in [0.5, 0.6) is 0 Å². The van der Waals surface area contributed by atoms with E-state index in [4.69, 9.17) is 0 Å². The molecule has 30 heavy (non-hydrogen) atoms. The van der Waals surface area contributed by atoms with Crippen LogP contribution in [0.2, 0.25) is 0 Å². The van der Waals surface area contributed by atoms with Gasteiger partial charge in [-0.2, -0.15) is 0 Å². The summed E-state index contributed by atoms with van der Waals surface area (Å²) in [6.07, 6.45) is 8.35. The van der Waals surface area contributed by atoms with Crippen LogP contribution in [0.3, 0.4) is 0 Å². The molecule has 0 aliphatic heterocycles. The summed E-state index contributed by atoms with van der Waals surface area (Å²) in [7, 11) is 0. The molecule has 0 amide bonds. The molecule has 4 aliphatic rings. The summed E-state index contributed by atoms with van der Waals surface area (Å²) < 4.78 is 28.6. The molecule has 4 saturated carbocycles. The average molecular weight is 427 g/mol. The zero-order chi connectivity index (χ0) is 22.1. The molecule has 4 rings (SSSR count). The van der Waals surface area contributed by atoms with Gasteiger partial charge in [-0.3, -0.25) is 0 Å². The fourth-order valence-electron chi connectivity index (χ4n) is 9.15. The van der Waals surface area contributed by atoms with E-state index in [1.54, 1.807) is 0 Å². The highest BCUT2D eigenvalue weighted by Gasteiger charge is 2.61. The second kappa shape index (κ2) is 7.40. The minimum Gasteiger partial charge on any atom is -0.390 e. The van der Waals surface area contributed by atoms with Crippen molar-refractivity contribution in [1.29, 1.82) is 0 Å². The van der Waals surface area contributed by atoms with Crippen molar-refractivity contribution in [2.45, 2.75) is 116 Å². The quantitative estimate of drug-likeness (QED) is 0.543. The number of alkyl halides is 2. The van der Waals surface area contributed by atoms with Gasteiger partial charge in [0.1, 0.15) is 6.10 Å². The van der Waals surface area contributed by atoms with Crippen LogP contribution in [-0.2, 0) is 0 Å². The molecule has 2 N–H and O–H groups in total. The molecule has 0 spiro atoms. The Labute approximate surface area is 182 Å². The fraction of sp³-hybridized carbons (Fsp3) is 1.00. The second-order valence-corrected chi connectivity index (χ2v) is 12.7. The first kappa shape index (κ1) is 23.0. The molecule has 4 fully saturated rings. The van der Waals surface area contributed by atoms with Gasteiger partial charge in [0.2, 0.25) is 0 Å². The second-order valence-electron chi connectivity index (χ2n) is 12.7. The Morgan fingerprint density at radius 2 is 1.57 bits per heavy atom. The standard InChI is InChI=1S/C26H44F2O2/c1-16(14-26(27,28)17(2)29)20-8-9-21-19-7-6-18-15-23(3,30)12-13-24(18,4)22(19)10-11-25(20,21)5/h16-22,29-30H,6-15H2,1-5H3/t16-,17+,18+,19+,20-,21+,22+,23+,24+,25-/m1/s1. The highest BCUT2D eigenvalue weighted by atomic mass is 19.3. The van der Waals surface area contributed by atoms with Crippen LogP contribution in [0.1, 0.15) is 98.8 Å². The Bertz CT molecular complexity index is 647. The fourth-order valence-corrected chi connectivity index (χ4v) is 9.15. The van der Waals surface area contributed by atoms with Crippen LogP contribution in [-0.4, -0.2) is 27.8 Å². The molecule has 0 saturated heterocycles. The minimum atomic E-state index is -2.99. The number of hydrogen-bond acceptors (Lipinski definition) is 2. The van der Waals surface area contributed by atoms with Crippen molar-refractivity contribution < 1.29 is 19.0 Å². The van der Waals surface area contributed by atoms with Crippen molar-refractivity contribution in [3.8, 4) is 0 Å². The van der Waals surface area contributed by atoms with Crippen molar-refractivity contribution >= 4 is 0 Å². The van der Waals surface area contributed by atoms with Gasteiger partial charge in [-0.25, -0.2) is 8.78 Å². The van der Waals surface area contributed by atoms with E-state index < -0.39 is 17.6 Å². The van der Waals surface area contributed by atoms with E-state index in [2.05, 4.69) is 13.8 Å². The normalized spacial score (nSPS) is 50.9. The van der Waals surface area contributed by atoms with Crippen LogP contribution in [0.4, 0.5) is 8.78 Å². The Balaban J connectivity index is 1.52. The van der Waals surface area contributed by atoms with E-state index in [9.17, 15) is 19.0 Å². The van der Waals surface area contributed by atoms with Crippen molar-refractivity contribution in [3.05, 3.63) is 0 Å². The van der Waals surface area contributed by atoms with E-state index in [1.165, 1.54) is 32.6 Å². The Kier molecular flexibility index (Phi) is 5.66. The van der Waals surface area contributed by atoms with Crippen molar-refractivity contribution in [1.82, 2.24) is 0 Å². The zero-order valence-corrected chi connectivity index (χ0v) is 19.8. The lowest BCUT2D eigenvalue weighted by Crippen LogP contribution is -2.55. The maximum absolute atomic E-state index is 14.3. The van der Waals surface area contributed by atoms with E-state index in [0.717, 1.165) is 43.9 Å². The summed E-state index contributed by atoms with van der Waals surface area (Å²) in [6, 6.07) is 0. The Hall–Kier alpha value is -0.220. The minimum absolute atomic E-state index is 0.0575. The van der Waals surface area contributed by atoms with Crippen molar-refractivity contribution in [3.63, 3.8) is 0 Å². The molecule has 4 aliphatic carbocycles. The van der Waals surface area contributed by atoms with Crippen molar-refractivity contribution in [2.75, 3.05) is 0 Å². The van der Waals surface area contributed by atoms with Gasteiger partial charge in [-0.1, -0.05) is 20.8 Å². The highest BCUT2D eigenvalue weighted by Crippen LogP contribution is 2.69. The Morgan fingerprint density at radius 3 is 2.23 bits per heavy atom. The van der Waals surface area contributed by atoms with Gasteiger partial charge in [0, 0.05) is 6.42 Å². The van der Waals surface area contributed by atoms with Crippen LogP contribution < -0.4 is 0 Å². The van der Waals surface area contributed by atoms with Gasteiger partial charge in [0.05, 0.1) is 5.60 Å². The first-order valence-corrected chi connectivity index (χ1v) is 12.6. The predicted molar refractivity (Wildman–Crippen MR) is 116 cm³/mol. The van der Waals surface area contributed by atoms with E-state index in [0.29, 0.717) is 23.2 Å². The highest BCUT2D eigenvalue weighted by molar-refractivity contribution is 5.10. The predicted octanol–water partition coefficient (Wildman–Crippen LogP) is 6.44. The number of halogens is 2. The maximum Gasteiger partial charge on any atom is 0.273 e. The van der Waals surface area contributed by atoms with Crippen LogP contribution in [0, 0.1) is 46.3 Å². The number of hydrogen-bond donors (Lipinski definition) is 2. The van der Waals surface area contributed by atoms with Gasteiger partial charge < -0.3 is 10.2 Å². The van der Waals surface area contributed by atoms with Crippen LogP contribution in [0.15, 0.2) is 0 Å². The number of aliphatic hydroxyl groups excluding tert-OH is 1. The number of rotatable bonds is 4. The zero-order valence-electron chi connectivity index (χ0n) is 19.8. The third kappa shape index (κ3) is 3.56. The van der Waals surface area contributed by atoms with Crippen molar-refractivity contribution in [2.24, 2.45) is 46.3 Å². The summed E-state index contributed by atoms with van der Waals surface area (Å²) in [6.45, 7) is 10.1. The SMILES string of the molecule is C[C@H](CC(F)(F)[C@H](C)O)[C@H]1CC[C@H]2[C@@H]3CC[C@H]4C[C@@](C)(O)CC[C@]4(C)[C@H]3CC[C@]12C. The molecular formula is C26H44F2O2. The van der Waals surface area contributed by atoms with Gasteiger partial charge in [0.15, 0.2) is 0 Å². The molecule has 0 bridgehead atoms. The summed E-state index contributed by atoms with van der Waals surface area (Å²) in [5, 5.41) is 20.2. The molecule has 0 aromatic rings. The third-order valence-corrected chi connectivity index (χ3v) is 10.9. The topological polar surface area (TPSA) is 40.5 Å². The summed E-state index contributed by atoms with van der Waals surface area (Å²) in [5.41, 5.74) is 0.0113. The molecule has 0 heterocycles. The molecule has 0 radical (unpaired) electrons. The number of fused-ring (bicyclic) bond motifs is 5. The summed E-state index contributed by atoms with van der Waals surface area (Å²) >= 11 is 0. The van der Waals surface area contributed by atoms with E-state index >= 15 is 0 Å². The third-order valence-electron chi connectivity index (χ3n) is 10.9. The Morgan fingerprint density at radius 1 is 0.900 bits per heavy atom. The smallest absolute Gasteiger partial charge is 0.273 e. The molecule has 2 nitrogen and oxygen atoms in total. The average Bonchev–Trinajstić information content (AvgIpc) is 2.99. The molecular weight excluding hydrogens is 382 g/mol. The summed E-state index contributed by atoms with van der Waals surface area (Å²) in [5.74, 6) is 0.0385. The van der Waals surface area contributed by atoms with Gasteiger partial charge in [-0.15, -0.1) is 0 Å². The lowest BCUT2D eigenvalue weighted by atomic mass is 9.43.